The average Bonchev–Trinajstić information content (AvgIpc) is 2.84. The molecule has 3 heteroatoms. The SMILES string of the molecule is Fc1ccc(OCCC#Cc2cccs2)cc1. The molecule has 0 aliphatic heterocycles. The zero-order chi connectivity index (χ0) is 11.9. The molecule has 86 valence electrons. The Hall–Kier alpha value is -1.79. The molecule has 0 aliphatic carbocycles. The van der Waals surface area contributed by atoms with Crippen LogP contribution in [0, 0.1) is 17.7 Å². The fraction of sp³-hybridized carbons (Fsp3) is 0.143. The summed E-state index contributed by atoms with van der Waals surface area (Å²) >= 11 is 1.62. The van der Waals surface area contributed by atoms with Crippen LogP contribution in [0.1, 0.15) is 11.3 Å². The molecule has 1 aromatic heterocycles. The van der Waals surface area contributed by atoms with Crippen LogP contribution < -0.4 is 4.74 Å². The van der Waals surface area contributed by atoms with Crippen LogP contribution >= 0.6 is 11.3 Å². The molecule has 1 nitrogen and oxygen atoms in total. The first-order chi connectivity index (χ1) is 8.34. The first-order valence-electron chi connectivity index (χ1n) is 5.25. The van der Waals surface area contributed by atoms with E-state index in [0.717, 1.165) is 4.88 Å². The summed E-state index contributed by atoms with van der Waals surface area (Å²) in [5.74, 6) is 6.50. The second kappa shape index (κ2) is 6.07. The second-order valence-electron chi connectivity index (χ2n) is 3.33. The lowest BCUT2D eigenvalue weighted by molar-refractivity contribution is 0.326. The van der Waals surface area contributed by atoms with Gasteiger partial charge in [-0.25, -0.2) is 4.39 Å². The lowest BCUT2D eigenvalue weighted by Gasteiger charge is -2.02. The first-order valence-corrected chi connectivity index (χ1v) is 6.13. The molecule has 0 fully saturated rings. The van der Waals surface area contributed by atoms with Crippen LogP contribution in [0.3, 0.4) is 0 Å². The van der Waals surface area contributed by atoms with Crippen LogP contribution in [0.5, 0.6) is 5.75 Å². The van der Waals surface area contributed by atoms with Crippen molar-refractivity contribution in [3.63, 3.8) is 0 Å². The zero-order valence-electron chi connectivity index (χ0n) is 9.15. The largest absolute Gasteiger partial charge is 0.493 e. The number of rotatable bonds is 3. The third kappa shape index (κ3) is 3.93. The fourth-order valence-electron chi connectivity index (χ4n) is 1.25. The van der Waals surface area contributed by atoms with Crippen LogP contribution in [0.4, 0.5) is 4.39 Å². The predicted octanol–water partition coefficient (Wildman–Crippen LogP) is 3.71. The molecule has 2 aromatic rings. The standard InChI is InChI=1S/C14H11FOS/c15-12-6-8-13(9-7-12)16-10-2-1-4-14-5-3-11-17-14/h3,5-9,11H,2,10H2. The van der Waals surface area contributed by atoms with Crippen LogP contribution in [-0.4, -0.2) is 6.61 Å². The number of thiophene rings is 1. The van der Waals surface area contributed by atoms with E-state index in [0.29, 0.717) is 18.8 Å². The molecule has 0 saturated carbocycles. The Bertz CT molecular complexity index is 505. The molecule has 0 aliphatic rings. The molecule has 1 aromatic carbocycles. The van der Waals surface area contributed by atoms with Gasteiger partial charge < -0.3 is 4.74 Å². The minimum Gasteiger partial charge on any atom is -0.493 e. The van der Waals surface area contributed by atoms with E-state index in [4.69, 9.17) is 4.74 Å². The Morgan fingerprint density at radius 1 is 1.18 bits per heavy atom. The number of halogens is 1. The summed E-state index contributed by atoms with van der Waals surface area (Å²) in [6.07, 6.45) is 0.662. The highest BCUT2D eigenvalue weighted by Crippen LogP contribution is 2.11. The van der Waals surface area contributed by atoms with Gasteiger partial charge in [0, 0.05) is 6.42 Å². The molecule has 0 N–H and O–H groups in total. The quantitative estimate of drug-likeness (QED) is 0.592. The summed E-state index contributed by atoms with van der Waals surface area (Å²) in [7, 11) is 0. The molecule has 0 saturated heterocycles. The van der Waals surface area contributed by atoms with Crippen LogP contribution in [0.25, 0.3) is 0 Å². The summed E-state index contributed by atoms with van der Waals surface area (Å²) in [5.41, 5.74) is 0. The van der Waals surface area contributed by atoms with Crippen molar-refractivity contribution in [2.75, 3.05) is 6.61 Å². The van der Waals surface area contributed by atoms with Gasteiger partial charge in [0.2, 0.25) is 0 Å². The molecule has 0 radical (unpaired) electrons. The Balaban J connectivity index is 1.75. The topological polar surface area (TPSA) is 9.23 Å². The number of hydrogen-bond acceptors (Lipinski definition) is 2. The van der Waals surface area contributed by atoms with E-state index in [1.54, 1.807) is 23.5 Å². The van der Waals surface area contributed by atoms with Gasteiger partial charge in [0.15, 0.2) is 0 Å². The van der Waals surface area contributed by atoms with Gasteiger partial charge in [-0.15, -0.1) is 11.3 Å². The van der Waals surface area contributed by atoms with Crippen molar-refractivity contribution >= 4 is 11.3 Å². The van der Waals surface area contributed by atoms with E-state index >= 15 is 0 Å². The lowest BCUT2D eigenvalue weighted by Crippen LogP contribution is -1.95. The Morgan fingerprint density at radius 3 is 2.71 bits per heavy atom. The van der Waals surface area contributed by atoms with Crippen molar-refractivity contribution < 1.29 is 9.13 Å². The predicted molar refractivity (Wildman–Crippen MR) is 67.7 cm³/mol. The fourth-order valence-corrected chi connectivity index (χ4v) is 1.84. The summed E-state index contributed by atoms with van der Waals surface area (Å²) in [6, 6.07) is 9.95. The van der Waals surface area contributed by atoms with Crippen LogP contribution in [-0.2, 0) is 0 Å². The molecule has 0 atom stereocenters. The zero-order valence-corrected chi connectivity index (χ0v) is 9.97. The number of benzene rings is 1. The van der Waals surface area contributed by atoms with Crippen molar-refractivity contribution in [2.45, 2.75) is 6.42 Å². The van der Waals surface area contributed by atoms with E-state index in [-0.39, 0.29) is 5.82 Å². The van der Waals surface area contributed by atoms with Gasteiger partial charge in [0.25, 0.3) is 0 Å². The van der Waals surface area contributed by atoms with Gasteiger partial charge in [-0.05, 0) is 35.7 Å². The van der Waals surface area contributed by atoms with Crippen molar-refractivity contribution in [3.05, 3.63) is 52.5 Å². The second-order valence-corrected chi connectivity index (χ2v) is 4.28. The maximum atomic E-state index is 12.6. The Labute approximate surface area is 104 Å². The summed E-state index contributed by atoms with van der Waals surface area (Å²) in [6.45, 7) is 0.518. The van der Waals surface area contributed by atoms with Crippen molar-refractivity contribution in [3.8, 4) is 17.6 Å². The van der Waals surface area contributed by atoms with Gasteiger partial charge in [0.05, 0.1) is 11.5 Å². The third-order valence-electron chi connectivity index (χ3n) is 2.04. The maximum absolute atomic E-state index is 12.6. The Kier molecular flexibility index (Phi) is 4.17. The molecule has 1 heterocycles. The minimum atomic E-state index is -0.255. The van der Waals surface area contributed by atoms with Gasteiger partial charge in [0.1, 0.15) is 11.6 Å². The molecular formula is C14H11FOS. The maximum Gasteiger partial charge on any atom is 0.123 e. The van der Waals surface area contributed by atoms with E-state index < -0.39 is 0 Å². The molecule has 0 unspecified atom stereocenters. The number of ether oxygens (including phenoxy) is 1. The molecule has 0 amide bonds. The molecule has 0 bridgehead atoms. The average molecular weight is 246 g/mol. The summed E-state index contributed by atoms with van der Waals surface area (Å²) < 4.78 is 18.0. The summed E-state index contributed by atoms with van der Waals surface area (Å²) in [5, 5.41) is 2.00. The first kappa shape index (κ1) is 11.7. The summed E-state index contributed by atoms with van der Waals surface area (Å²) in [4.78, 5) is 1.06. The lowest BCUT2D eigenvalue weighted by atomic mass is 10.3. The highest BCUT2D eigenvalue weighted by atomic mass is 32.1. The van der Waals surface area contributed by atoms with Crippen LogP contribution in [0.15, 0.2) is 41.8 Å². The van der Waals surface area contributed by atoms with Gasteiger partial charge in [-0.1, -0.05) is 17.9 Å². The molecule has 17 heavy (non-hydrogen) atoms. The minimum absolute atomic E-state index is 0.255. The Morgan fingerprint density at radius 2 is 2.00 bits per heavy atom. The van der Waals surface area contributed by atoms with Crippen molar-refractivity contribution in [2.24, 2.45) is 0 Å². The molecular weight excluding hydrogens is 235 g/mol. The monoisotopic (exact) mass is 246 g/mol. The van der Waals surface area contributed by atoms with Gasteiger partial charge >= 0.3 is 0 Å². The third-order valence-corrected chi connectivity index (χ3v) is 2.83. The van der Waals surface area contributed by atoms with Crippen molar-refractivity contribution in [1.82, 2.24) is 0 Å². The van der Waals surface area contributed by atoms with Gasteiger partial charge in [-0.3, -0.25) is 0 Å². The smallest absolute Gasteiger partial charge is 0.123 e. The highest BCUT2D eigenvalue weighted by molar-refractivity contribution is 7.10. The number of hydrogen-bond donors (Lipinski definition) is 0. The molecule has 2 rings (SSSR count). The molecule has 0 spiro atoms. The normalized spacial score (nSPS) is 9.47. The van der Waals surface area contributed by atoms with E-state index in [1.165, 1.54) is 12.1 Å². The van der Waals surface area contributed by atoms with Crippen LogP contribution in [0.2, 0.25) is 0 Å². The van der Waals surface area contributed by atoms with E-state index in [9.17, 15) is 4.39 Å². The van der Waals surface area contributed by atoms with E-state index in [1.807, 2.05) is 17.5 Å². The van der Waals surface area contributed by atoms with E-state index in [2.05, 4.69) is 11.8 Å². The highest BCUT2D eigenvalue weighted by Gasteiger charge is 1.93. The van der Waals surface area contributed by atoms with Gasteiger partial charge in [-0.2, -0.15) is 0 Å². The van der Waals surface area contributed by atoms with Crippen molar-refractivity contribution in [1.29, 1.82) is 0 Å².